The Morgan fingerprint density at radius 2 is 2.12 bits per heavy atom. The molecule has 1 saturated heterocycles. The molecular formula is C13H18ClFN2. The Morgan fingerprint density at radius 3 is 2.71 bits per heavy atom. The highest BCUT2D eigenvalue weighted by atomic mass is 35.5. The van der Waals surface area contributed by atoms with Crippen LogP contribution in [-0.4, -0.2) is 30.6 Å². The van der Waals surface area contributed by atoms with Crippen molar-refractivity contribution in [2.75, 3.05) is 25.0 Å². The first-order valence-corrected chi connectivity index (χ1v) is 6.50. The number of benzene rings is 1. The van der Waals surface area contributed by atoms with E-state index in [0.29, 0.717) is 6.04 Å². The fraction of sp³-hybridized carbons (Fsp3) is 0.538. The quantitative estimate of drug-likeness (QED) is 0.892. The lowest BCUT2D eigenvalue weighted by molar-refractivity contribution is 0.229. The smallest absolute Gasteiger partial charge is 0.141 e. The second kappa shape index (κ2) is 5.69. The molecule has 1 N–H and O–H groups in total. The summed E-state index contributed by atoms with van der Waals surface area (Å²) in [5.74, 6) is -0.363. The van der Waals surface area contributed by atoms with Crippen molar-refractivity contribution < 1.29 is 4.39 Å². The first kappa shape index (κ1) is 12.7. The summed E-state index contributed by atoms with van der Waals surface area (Å²) in [6.07, 6.45) is 2.26. The zero-order valence-electron chi connectivity index (χ0n) is 10.0. The number of hydrogen-bond acceptors (Lipinski definition) is 2. The Kier molecular flexibility index (Phi) is 4.24. The van der Waals surface area contributed by atoms with Crippen molar-refractivity contribution in [3.8, 4) is 0 Å². The fourth-order valence-electron chi connectivity index (χ4n) is 2.22. The SMILES string of the molecule is CCN1CCC(Nc2ccc(F)c(Cl)c2)CC1. The van der Waals surface area contributed by atoms with Crippen LogP contribution in [0.3, 0.4) is 0 Å². The van der Waals surface area contributed by atoms with E-state index in [9.17, 15) is 4.39 Å². The van der Waals surface area contributed by atoms with Crippen LogP contribution in [-0.2, 0) is 0 Å². The first-order valence-electron chi connectivity index (χ1n) is 6.13. The molecular weight excluding hydrogens is 239 g/mol. The van der Waals surface area contributed by atoms with Gasteiger partial charge in [-0.05, 0) is 37.6 Å². The van der Waals surface area contributed by atoms with Crippen LogP contribution in [0.15, 0.2) is 18.2 Å². The van der Waals surface area contributed by atoms with Crippen molar-refractivity contribution in [2.24, 2.45) is 0 Å². The van der Waals surface area contributed by atoms with Crippen molar-refractivity contribution in [2.45, 2.75) is 25.8 Å². The van der Waals surface area contributed by atoms with Crippen LogP contribution in [0.5, 0.6) is 0 Å². The minimum atomic E-state index is -0.363. The van der Waals surface area contributed by atoms with Gasteiger partial charge in [-0.1, -0.05) is 18.5 Å². The summed E-state index contributed by atoms with van der Waals surface area (Å²) in [5, 5.41) is 3.60. The molecule has 4 heteroatoms. The number of hydrogen-bond donors (Lipinski definition) is 1. The van der Waals surface area contributed by atoms with E-state index < -0.39 is 0 Å². The zero-order valence-corrected chi connectivity index (χ0v) is 10.8. The molecule has 0 bridgehead atoms. The molecule has 0 atom stereocenters. The molecule has 0 amide bonds. The maximum Gasteiger partial charge on any atom is 0.141 e. The highest BCUT2D eigenvalue weighted by Crippen LogP contribution is 2.22. The molecule has 1 heterocycles. The molecule has 17 heavy (non-hydrogen) atoms. The molecule has 0 saturated carbocycles. The van der Waals surface area contributed by atoms with E-state index >= 15 is 0 Å². The molecule has 1 fully saturated rings. The van der Waals surface area contributed by atoms with E-state index in [-0.39, 0.29) is 10.8 Å². The third-order valence-electron chi connectivity index (χ3n) is 3.33. The summed E-state index contributed by atoms with van der Waals surface area (Å²) in [7, 11) is 0. The first-order chi connectivity index (χ1) is 8.19. The second-order valence-electron chi connectivity index (χ2n) is 4.48. The largest absolute Gasteiger partial charge is 0.382 e. The molecule has 0 unspecified atom stereocenters. The molecule has 0 radical (unpaired) electrons. The number of nitrogens with one attached hydrogen (secondary N) is 1. The number of piperidine rings is 1. The Morgan fingerprint density at radius 1 is 1.41 bits per heavy atom. The van der Waals surface area contributed by atoms with Crippen LogP contribution < -0.4 is 5.32 Å². The summed E-state index contributed by atoms with van der Waals surface area (Å²) in [6.45, 7) is 5.56. The van der Waals surface area contributed by atoms with Crippen LogP contribution in [0, 0.1) is 5.82 Å². The molecule has 1 aliphatic heterocycles. The lowest BCUT2D eigenvalue weighted by atomic mass is 10.0. The molecule has 1 aromatic rings. The molecule has 2 rings (SSSR count). The molecule has 0 aliphatic carbocycles. The summed E-state index contributed by atoms with van der Waals surface area (Å²) in [5.41, 5.74) is 0.909. The summed E-state index contributed by atoms with van der Waals surface area (Å²) in [4.78, 5) is 2.44. The summed E-state index contributed by atoms with van der Waals surface area (Å²) in [6, 6.07) is 5.28. The van der Waals surface area contributed by atoms with Crippen LogP contribution in [0.1, 0.15) is 19.8 Å². The van der Waals surface area contributed by atoms with Crippen molar-refractivity contribution in [1.82, 2.24) is 4.90 Å². The van der Waals surface area contributed by atoms with Gasteiger partial charge in [0, 0.05) is 24.8 Å². The van der Waals surface area contributed by atoms with Gasteiger partial charge in [0.05, 0.1) is 5.02 Å². The van der Waals surface area contributed by atoms with Gasteiger partial charge in [-0.3, -0.25) is 0 Å². The number of nitrogens with zero attached hydrogens (tertiary/aromatic N) is 1. The lowest BCUT2D eigenvalue weighted by Gasteiger charge is -2.32. The van der Waals surface area contributed by atoms with Gasteiger partial charge >= 0.3 is 0 Å². The van der Waals surface area contributed by atoms with Crippen molar-refractivity contribution >= 4 is 17.3 Å². The van der Waals surface area contributed by atoms with E-state index in [1.165, 1.54) is 6.07 Å². The highest BCUT2D eigenvalue weighted by molar-refractivity contribution is 6.31. The van der Waals surface area contributed by atoms with Gasteiger partial charge in [0.1, 0.15) is 5.82 Å². The highest BCUT2D eigenvalue weighted by Gasteiger charge is 2.17. The van der Waals surface area contributed by atoms with Gasteiger partial charge in [0.2, 0.25) is 0 Å². The van der Waals surface area contributed by atoms with Crippen molar-refractivity contribution in [3.63, 3.8) is 0 Å². The van der Waals surface area contributed by atoms with Gasteiger partial charge in [-0.25, -0.2) is 4.39 Å². The monoisotopic (exact) mass is 256 g/mol. The van der Waals surface area contributed by atoms with Crippen LogP contribution in [0.25, 0.3) is 0 Å². The number of rotatable bonds is 3. The molecule has 1 aliphatic rings. The van der Waals surface area contributed by atoms with Gasteiger partial charge in [0.15, 0.2) is 0 Å². The van der Waals surface area contributed by atoms with E-state index in [1.54, 1.807) is 12.1 Å². The minimum Gasteiger partial charge on any atom is -0.382 e. The molecule has 1 aromatic carbocycles. The Hall–Kier alpha value is -0.800. The zero-order chi connectivity index (χ0) is 12.3. The van der Waals surface area contributed by atoms with E-state index in [4.69, 9.17) is 11.6 Å². The van der Waals surface area contributed by atoms with Crippen LogP contribution >= 0.6 is 11.6 Å². The lowest BCUT2D eigenvalue weighted by Crippen LogP contribution is -2.38. The van der Waals surface area contributed by atoms with Gasteiger partial charge in [-0.2, -0.15) is 0 Å². The number of likely N-dealkylation sites (tertiary alicyclic amines) is 1. The van der Waals surface area contributed by atoms with E-state index in [1.807, 2.05) is 0 Å². The molecule has 94 valence electrons. The molecule has 0 aromatic heterocycles. The maximum absolute atomic E-state index is 13.0. The normalized spacial score (nSPS) is 18.3. The standard InChI is InChI=1S/C13H18ClFN2/c1-2-17-7-5-10(6-8-17)16-11-3-4-13(15)12(14)9-11/h3-4,9-10,16H,2,5-8H2,1H3. The van der Waals surface area contributed by atoms with Crippen LogP contribution in [0.4, 0.5) is 10.1 Å². The average Bonchev–Trinajstić information content (AvgIpc) is 2.35. The van der Waals surface area contributed by atoms with Crippen molar-refractivity contribution in [1.29, 1.82) is 0 Å². The summed E-state index contributed by atoms with van der Waals surface area (Å²) >= 11 is 5.75. The second-order valence-corrected chi connectivity index (χ2v) is 4.89. The maximum atomic E-state index is 13.0. The van der Waals surface area contributed by atoms with E-state index in [2.05, 4.69) is 17.1 Å². The number of halogens is 2. The third kappa shape index (κ3) is 3.33. The van der Waals surface area contributed by atoms with Gasteiger partial charge in [-0.15, -0.1) is 0 Å². The topological polar surface area (TPSA) is 15.3 Å². The Balaban J connectivity index is 1.91. The minimum absolute atomic E-state index is 0.181. The fourth-order valence-corrected chi connectivity index (χ4v) is 2.40. The number of anilines is 1. The predicted octanol–water partition coefficient (Wildman–Crippen LogP) is 3.38. The third-order valence-corrected chi connectivity index (χ3v) is 3.61. The Bertz CT molecular complexity index is 376. The predicted molar refractivity (Wildman–Crippen MR) is 70.2 cm³/mol. The Labute approximate surface area is 107 Å². The summed E-state index contributed by atoms with van der Waals surface area (Å²) < 4.78 is 13.0. The van der Waals surface area contributed by atoms with Gasteiger partial charge < -0.3 is 10.2 Å². The van der Waals surface area contributed by atoms with Gasteiger partial charge in [0.25, 0.3) is 0 Å². The van der Waals surface area contributed by atoms with E-state index in [0.717, 1.165) is 38.2 Å². The van der Waals surface area contributed by atoms with Crippen LogP contribution in [0.2, 0.25) is 5.02 Å². The molecule has 0 spiro atoms. The van der Waals surface area contributed by atoms with Crippen molar-refractivity contribution in [3.05, 3.63) is 29.0 Å². The average molecular weight is 257 g/mol. The molecule has 2 nitrogen and oxygen atoms in total.